The van der Waals surface area contributed by atoms with Crippen molar-refractivity contribution in [2.45, 2.75) is 51.5 Å². The molecule has 0 atom stereocenters. The average molecular weight is 387 g/mol. The maximum Gasteiger partial charge on any atom is 0.285 e. The number of benzene rings is 1. The van der Waals surface area contributed by atoms with Gasteiger partial charge in [-0.2, -0.15) is 0 Å². The largest absolute Gasteiger partial charge is 0.336 e. The molecule has 0 spiro atoms. The van der Waals surface area contributed by atoms with Crippen LogP contribution in [0.5, 0.6) is 0 Å². The molecule has 6 nitrogen and oxygen atoms in total. The number of halogens is 2. The second-order valence-corrected chi connectivity index (χ2v) is 7.25. The van der Waals surface area contributed by atoms with Gasteiger partial charge in [0.1, 0.15) is 5.69 Å². The molecule has 0 saturated heterocycles. The molecule has 0 bridgehead atoms. The zero-order valence-corrected chi connectivity index (χ0v) is 16.0. The molecule has 1 N–H and O–H groups in total. The Morgan fingerprint density at radius 2 is 1.81 bits per heavy atom. The summed E-state index contributed by atoms with van der Waals surface area (Å²) in [6, 6.07) is 5.98. The summed E-state index contributed by atoms with van der Waals surface area (Å²) in [6.45, 7) is 6.57. The summed E-state index contributed by atoms with van der Waals surface area (Å²) in [5.74, 6) is -3.75. The lowest BCUT2D eigenvalue weighted by Crippen LogP contribution is -2.30. The third-order valence-electron chi connectivity index (χ3n) is 3.23. The van der Waals surface area contributed by atoms with Crippen LogP contribution < -0.4 is 4.72 Å². The Morgan fingerprint density at radius 1 is 1.23 bits per heavy atom. The molecular weight excluding hydrogens is 364 g/mol. The number of nitrogens with one attached hydrogen (secondary N) is 1. The van der Waals surface area contributed by atoms with Crippen molar-refractivity contribution in [1.82, 2.24) is 14.3 Å². The highest BCUT2D eigenvalue weighted by Crippen LogP contribution is 2.17. The molecule has 9 heteroatoms. The number of aromatic nitrogens is 2. The number of amides is 1. The molecule has 2 rings (SSSR count). The number of carbonyl (C=O) groups excluding carboxylic acids is 1. The van der Waals surface area contributed by atoms with Crippen LogP contribution in [0, 0.1) is 6.92 Å². The monoisotopic (exact) mass is 387 g/mol. The predicted octanol–water partition coefficient (Wildman–Crippen LogP) is 3.38. The lowest BCUT2D eigenvalue weighted by molar-refractivity contribution is 0.00868. The van der Waals surface area contributed by atoms with E-state index in [1.54, 1.807) is 19.1 Å². The van der Waals surface area contributed by atoms with Gasteiger partial charge in [-0.1, -0.05) is 31.5 Å². The fourth-order valence-electron chi connectivity index (χ4n) is 1.88. The number of nitrogens with zero attached hydrogens (tertiary/aromatic N) is 2. The summed E-state index contributed by atoms with van der Waals surface area (Å²) in [5, 5.41) is 0. The highest BCUT2D eigenvalue weighted by atomic mass is 32.2. The highest BCUT2D eigenvalue weighted by molar-refractivity contribution is 7.90. The summed E-state index contributed by atoms with van der Waals surface area (Å²) in [5.41, 5.74) is 0.719. The van der Waals surface area contributed by atoms with E-state index in [1.165, 1.54) is 29.2 Å². The van der Waals surface area contributed by atoms with Gasteiger partial charge in [0.25, 0.3) is 15.9 Å². The van der Waals surface area contributed by atoms with Gasteiger partial charge in [0.05, 0.1) is 11.2 Å². The Kier molecular flexibility index (Phi) is 7.43. The van der Waals surface area contributed by atoms with Crippen molar-refractivity contribution in [3.05, 3.63) is 48.0 Å². The Labute approximate surface area is 152 Å². The van der Waals surface area contributed by atoms with Crippen molar-refractivity contribution in [2.24, 2.45) is 0 Å². The molecule has 0 unspecified atom stereocenters. The van der Waals surface area contributed by atoms with E-state index in [2.05, 4.69) is 4.98 Å². The normalized spacial score (nSPS) is 11.5. The van der Waals surface area contributed by atoms with Gasteiger partial charge in [-0.05, 0) is 26.0 Å². The number of imidazole rings is 1. The molecule has 1 amide bonds. The minimum atomic E-state index is -4.02. The molecule has 2 aromatic rings. The van der Waals surface area contributed by atoms with Crippen LogP contribution >= 0.6 is 0 Å². The molecule has 0 radical (unpaired) electrons. The quantitative estimate of drug-likeness (QED) is 0.824. The number of sulfonamides is 1. The Bertz CT molecular complexity index is 826. The summed E-state index contributed by atoms with van der Waals surface area (Å²) in [6.07, 6.45) is 2.02. The number of rotatable bonds is 6. The second-order valence-electron chi connectivity index (χ2n) is 5.56. The number of carbonyl (C=O) groups is 1. The molecule has 144 valence electrons. The van der Waals surface area contributed by atoms with Crippen LogP contribution in [0.4, 0.5) is 8.78 Å². The van der Waals surface area contributed by atoms with Crippen LogP contribution in [-0.2, 0) is 16.6 Å². The third kappa shape index (κ3) is 6.55. The van der Waals surface area contributed by atoms with Gasteiger partial charge in [-0.3, -0.25) is 4.79 Å². The van der Waals surface area contributed by atoms with Crippen molar-refractivity contribution >= 4 is 15.9 Å². The lowest BCUT2D eigenvalue weighted by atomic mass is 10.2. The molecular formula is C17H23F2N3O3S. The van der Waals surface area contributed by atoms with Gasteiger partial charge in [0.2, 0.25) is 5.92 Å². The van der Waals surface area contributed by atoms with Crippen molar-refractivity contribution in [2.75, 3.05) is 0 Å². The summed E-state index contributed by atoms with van der Waals surface area (Å²) in [7, 11) is -4.02. The number of hydrogen-bond donors (Lipinski definition) is 1. The van der Waals surface area contributed by atoms with E-state index in [1.807, 2.05) is 18.6 Å². The Morgan fingerprint density at radius 3 is 2.35 bits per heavy atom. The third-order valence-corrected chi connectivity index (χ3v) is 4.58. The van der Waals surface area contributed by atoms with Crippen LogP contribution in [0.15, 0.2) is 41.7 Å². The minimum absolute atomic E-state index is 0.0332. The van der Waals surface area contributed by atoms with Crippen molar-refractivity contribution in [1.29, 1.82) is 0 Å². The molecule has 0 aliphatic rings. The molecule has 0 aliphatic heterocycles. The number of hydrogen-bond acceptors (Lipinski definition) is 4. The fraction of sp³-hybridized carbons (Fsp3) is 0.412. The fourth-order valence-corrected chi connectivity index (χ4v) is 2.84. The summed E-state index contributed by atoms with van der Waals surface area (Å²) < 4.78 is 53.1. The van der Waals surface area contributed by atoms with Crippen LogP contribution in [0.3, 0.4) is 0 Å². The first-order valence-corrected chi connectivity index (χ1v) is 9.58. The van der Waals surface area contributed by atoms with E-state index >= 15 is 0 Å². The Balaban J connectivity index is 0.00000163. The average Bonchev–Trinajstić information content (AvgIpc) is 3.03. The minimum Gasteiger partial charge on any atom is -0.336 e. The topological polar surface area (TPSA) is 81.1 Å². The van der Waals surface area contributed by atoms with E-state index < -0.39 is 28.3 Å². The van der Waals surface area contributed by atoms with Crippen LogP contribution in [0.1, 0.15) is 43.2 Å². The van der Waals surface area contributed by atoms with E-state index in [-0.39, 0.29) is 17.1 Å². The van der Waals surface area contributed by atoms with Crippen molar-refractivity contribution < 1.29 is 22.0 Å². The first kappa shape index (κ1) is 21.8. The molecule has 1 aromatic carbocycles. The molecule has 1 aromatic heterocycles. The molecule has 26 heavy (non-hydrogen) atoms. The number of alkyl halides is 2. The SMILES string of the molecule is CC.Cc1ccc(S(=O)(=O)NC(=O)c2cn(CCC(C)(F)F)cn2)cc1. The second kappa shape index (κ2) is 8.88. The summed E-state index contributed by atoms with van der Waals surface area (Å²) >= 11 is 0. The smallest absolute Gasteiger partial charge is 0.285 e. The van der Waals surface area contributed by atoms with E-state index in [0.717, 1.165) is 12.5 Å². The van der Waals surface area contributed by atoms with Gasteiger partial charge < -0.3 is 4.57 Å². The number of aryl methyl sites for hydroxylation is 2. The van der Waals surface area contributed by atoms with Crippen molar-refractivity contribution in [3.8, 4) is 0 Å². The zero-order chi connectivity index (χ0) is 20.0. The van der Waals surface area contributed by atoms with Crippen molar-refractivity contribution in [3.63, 3.8) is 0 Å². The first-order chi connectivity index (χ1) is 12.1. The molecule has 0 fully saturated rings. The van der Waals surface area contributed by atoms with Gasteiger partial charge in [0, 0.05) is 19.2 Å². The molecule has 1 heterocycles. The molecule has 0 saturated carbocycles. The van der Waals surface area contributed by atoms with E-state index in [9.17, 15) is 22.0 Å². The highest BCUT2D eigenvalue weighted by Gasteiger charge is 2.22. The van der Waals surface area contributed by atoms with E-state index in [0.29, 0.717) is 0 Å². The van der Waals surface area contributed by atoms with Crippen LogP contribution in [0.25, 0.3) is 0 Å². The Hall–Kier alpha value is -2.29. The zero-order valence-electron chi connectivity index (χ0n) is 15.2. The maximum absolute atomic E-state index is 12.8. The first-order valence-electron chi connectivity index (χ1n) is 8.10. The molecule has 0 aliphatic carbocycles. The van der Waals surface area contributed by atoms with Gasteiger partial charge in [0.15, 0.2) is 0 Å². The lowest BCUT2D eigenvalue weighted by Gasteiger charge is -2.09. The van der Waals surface area contributed by atoms with Crippen LogP contribution in [0.2, 0.25) is 0 Å². The van der Waals surface area contributed by atoms with Gasteiger partial charge in [-0.25, -0.2) is 26.9 Å². The van der Waals surface area contributed by atoms with Gasteiger partial charge in [-0.15, -0.1) is 0 Å². The van der Waals surface area contributed by atoms with Gasteiger partial charge >= 0.3 is 0 Å². The van der Waals surface area contributed by atoms with E-state index in [4.69, 9.17) is 0 Å². The van der Waals surface area contributed by atoms with Crippen LogP contribution in [-0.4, -0.2) is 29.8 Å². The maximum atomic E-state index is 12.8. The summed E-state index contributed by atoms with van der Waals surface area (Å²) in [4.78, 5) is 15.7. The standard InChI is InChI=1S/C15H17F2N3O3S.C2H6/c1-11-3-5-12(6-4-11)24(22,23)19-14(21)13-9-20(10-18-13)8-7-15(2,16)17;1-2/h3-6,9-10H,7-8H2,1-2H3,(H,19,21);1-2H3. The predicted molar refractivity (Wildman–Crippen MR) is 94.6 cm³/mol.